The van der Waals surface area contributed by atoms with Crippen molar-refractivity contribution in [3.05, 3.63) is 34.9 Å². The molecule has 1 unspecified atom stereocenters. The molecule has 1 atom stereocenters. The summed E-state index contributed by atoms with van der Waals surface area (Å²) in [6.07, 6.45) is 0.127. The summed E-state index contributed by atoms with van der Waals surface area (Å²) in [7, 11) is 1.33. The van der Waals surface area contributed by atoms with E-state index in [9.17, 15) is 9.59 Å². The first-order valence-corrected chi connectivity index (χ1v) is 5.63. The molecule has 1 rings (SSSR count). The average molecular weight is 234 g/mol. The molecule has 0 aliphatic rings. The first-order valence-electron chi connectivity index (χ1n) is 5.63. The van der Waals surface area contributed by atoms with Crippen molar-refractivity contribution in [3.63, 3.8) is 0 Å². The molecule has 0 radical (unpaired) electrons. The monoisotopic (exact) mass is 234 g/mol. The fourth-order valence-corrected chi connectivity index (χ4v) is 1.83. The Bertz CT molecular complexity index is 415. The van der Waals surface area contributed by atoms with Crippen LogP contribution in [-0.2, 0) is 9.53 Å². The standard InChI is InChI=1S/C14H18O3/c1-9-5-10(2)7-12(6-9)14(16)11(3)8-13(15)17-4/h5-7,11H,8H2,1-4H3. The molecule has 0 aliphatic carbocycles. The van der Waals surface area contributed by atoms with Crippen LogP contribution in [0.15, 0.2) is 18.2 Å². The van der Waals surface area contributed by atoms with Crippen molar-refractivity contribution < 1.29 is 14.3 Å². The van der Waals surface area contributed by atoms with E-state index in [-0.39, 0.29) is 24.1 Å². The van der Waals surface area contributed by atoms with Gasteiger partial charge < -0.3 is 4.74 Å². The Kier molecular flexibility index (Phi) is 4.44. The molecule has 0 aromatic heterocycles. The van der Waals surface area contributed by atoms with E-state index in [1.165, 1.54) is 7.11 Å². The van der Waals surface area contributed by atoms with E-state index in [4.69, 9.17) is 0 Å². The zero-order chi connectivity index (χ0) is 13.0. The lowest BCUT2D eigenvalue weighted by Crippen LogP contribution is -2.16. The van der Waals surface area contributed by atoms with Gasteiger partial charge in [-0.15, -0.1) is 0 Å². The van der Waals surface area contributed by atoms with Crippen LogP contribution in [0.3, 0.4) is 0 Å². The van der Waals surface area contributed by atoms with Crippen LogP contribution in [0.5, 0.6) is 0 Å². The van der Waals surface area contributed by atoms with Gasteiger partial charge in [-0.2, -0.15) is 0 Å². The second-order valence-corrected chi connectivity index (χ2v) is 4.42. The summed E-state index contributed by atoms with van der Waals surface area (Å²) in [5.41, 5.74) is 2.77. The Morgan fingerprint density at radius 3 is 2.18 bits per heavy atom. The van der Waals surface area contributed by atoms with E-state index in [1.54, 1.807) is 6.92 Å². The minimum absolute atomic E-state index is 0.0119. The lowest BCUT2D eigenvalue weighted by atomic mass is 9.94. The number of methoxy groups -OCH3 is 1. The molecular formula is C14H18O3. The highest BCUT2D eigenvalue weighted by molar-refractivity contribution is 5.99. The lowest BCUT2D eigenvalue weighted by Gasteiger charge is -2.10. The summed E-state index contributed by atoms with van der Waals surface area (Å²) >= 11 is 0. The van der Waals surface area contributed by atoms with Gasteiger partial charge in [0.25, 0.3) is 0 Å². The third-order valence-electron chi connectivity index (χ3n) is 2.65. The predicted molar refractivity (Wildman–Crippen MR) is 66.0 cm³/mol. The number of carbonyl (C=O) groups is 2. The first-order chi connectivity index (χ1) is 7.93. The molecule has 0 heterocycles. The Hall–Kier alpha value is -1.64. The number of ketones is 1. The van der Waals surface area contributed by atoms with E-state index < -0.39 is 0 Å². The molecular weight excluding hydrogens is 216 g/mol. The van der Waals surface area contributed by atoms with Gasteiger partial charge in [0, 0.05) is 11.5 Å². The minimum Gasteiger partial charge on any atom is -0.469 e. The quantitative estimate of drug-likeness (QED) is 0.594. The van der Waals surface area contributed by atoms with E-state index in [0.717, 1.165) is 11.1 Å². The zero-order valence-electron chi connectivity index (χ0n) is 10.7. The fraction of sp³-hybridized carbons (Fsp3) is 0.429. The highest BCUT2D eigenvalue weighted by Gasteiger charge is 2.19. The topological polar surface area (TPSA) is 43.4 Å². The maximum atomic E-state index is 12.1. The maximum absolute atomic E-state index is 12.1. The largest absolute Gasteiger partial charge is 0.469 e. The molecule has 0 saturated carbocycles. The second-order valence-electron chi connectivity index (χ2n) is 4.42. The van der Waals surface area contributed by atoms with Crippen molar-refractivity contribution in [1.29, 1.82) is 0 Å². The molecule has 0 saturated heterocycles. The molecule has 0 aliphatic heterocycles. The van der Waals surface area contributed by atoms with Gasteiger partial charge in [0.2, 0.25) is 0 Å². The van der Waals surface area contributed by atoms with Crippen molar-refractivity contribution in [3.8, 4) is 0 Å². The van der Waals surface area contributed by atoms with Gasteiger partial charge in [0.05, 0.1) is 13.5 Å². The summed E-state index contributed by atoms with van der Waals surface area (Å²) in [5, 5.41) is 0. The van der Waals surface area contributed by atoms with Gasteiger partial charge in [-0.1, -0.05) is 24.1 Å². The molecule has 0 N–H and O–H groups in total. The lowest BCUT2D eigenvalue weighted by molar-refractivity contribution is -0.141. The van der Waals surface area contributed by atoms with E-state index in [0.29, 0.717) is 5.56 Å². The molecule has 0 bridgehead atoms. The summed E-state index contributed by atoms with van der Waals surface area (Å²) in [6.45, 7) is 5.65. The van der Waals surface area contributed by atoms with Gasteiger partial charge >= 0.3 is 5.97 Å². The van der Waals surface area contributed by atoms with Crippen molar-refractivity contribution >= 4 is 11.8 Å². The van der Waals surface area contributed by atoms with Crippen LogP contribution < -0.4 is 0 Å². The number of rotatable bonds is 4. The Labute approximate surface area is 102 Å². The predicted octanol–water partition coefficient (Wildman–Crippen LogP) is 2.69. The van der Waals surface area contributed by atoms with Crippen LogP contribution >= 0.6 is 0 Å². The zero-order valence-corrected chi connectivity index (χ0v) is 10.7. The van der Waals surface area contributed by atoms with Crippen LogP contribution in [0, 0.1) is 19.8 Å². The smallest absolute Gasteiger partial charge is 0.306 e. The number of benzene rings is 1. The fourth-order valence-electron chi connectivity index (χ4n) is 1.83. The van der Waals surface area contributed by atoms with Crippen LogP contribution in [0.2, 0.25) is 0 Å². The van der Waals surface area contributed by atoms with Crippen molar-refractivity contribution in [1.82, 2.24) is 0 Å². The first kappa shape index (κ1) is 13.4. The van der Waals surface area contributed by atoms with Gasteiger partial charge in [-0.25, -0.2) is 0 Å². The molecule has 3 heteroatoms. The molecule has 3 nitrogen and oxygen atoms in total. The van der Waals surface area contributed by atoms with Gasteiger partial charge in [-0.05, 0) is 26.0 Å². The summed E-state index contributed by atoms with van der Waals surface area (Å²) in [5.74, 6) is -0.707. The molecule has 0 spiro atoms. The summed E-state index contributed by atoms with van der Waals surface area (Å²) < 4.78 is 4.56. The van der Waals surface area contributed by atoms with Crippen LogP contribution in [0.4, 0.5) is 0 Å². The average Bonchev–Trinajstić information content (AvgIpc) is 2.26. The molecule has 17 heavy (non-hydrogen) atoms. The van der Waals surface area contributed by atoms with E-state index >= 15 is 0 Å². The van der Waals surface area contributed by atoms with Crippen molar-refractivity contribution in [2.75, 3.05) is 7.11 Å². The van der Waals surface area contributed by atoms with Gasteiger partial charge in [0.15, 0.2) is 5.78 Å². The summed E-state index contributed by atoms with van der Waals surface area (Å²) in [6, 6.07) is 5.72. The number of esters is 1. The number of Topliss-reactive ketones (excluding diaryl/α,β-unsaturated/α-hetero) is 1. The second kappa shape index (κ2) is 5.62. The molecule has 0 fully saturated rings. The van der Waals surface area contributed by atoms with Crippen LogP contribution in [0.25, 0.3) is 0 Å². The summed E-state index contributed by atoms with van der Waals surface area (Å²) in [4.78, 5) is 23.2. The SMILES string of the molecule is COC(=O)CC(C)C(=O)c1cc(C)cc(C)c1. The Morgan fingerprint density at radius 2 is 1.71 bits per heavy atom. The minimum atomic E-state index is -0.352. The van der Waals surface area contributed by atoms with Crippen molar-refractivity contribution in [2.45, 2.75) is 27.2 Å². The number of aryl methyl sites for hydroxylation is 2. The maximum Gasteiger partial charge on any atom is 0.306 e. The highest BCUT2D eigenvalue weighted by atomic mass is 16.5. The van der Waals surface area contributed by atoms with Crippen LogP contribution in [-0.4, -0.2) is 18.9 Å². The molecule has 0 amide bonds. The molecule has 92 valence electrons. The number of hydrogen-bond acceptors (Lipinski definition) is 3. The highest BCUT2D eigenvalue weighted by Crippen LogP contribution is 2.16. The normalized spacial score (nSPS) is 12.0. The Morgan fingerprint density at radius 1 is 1.18 bits per heavy atom. The van der Waals surface area contributed by atoms with E-state index in [2.05, 4.69) is 4.74 Å². The number of ether oxygens (including phenoxy) is 1. The van der Waals surface area contributed by atoms with Gasteiger partial charge in [-0.3, -0.25) is 9.59 Å². The molecule has 1 aromatic rings. The van der Waals surface area contributed by atoms with Crippen molar-refractivity contribution in [2.24, 2.45) is 5.92 Å². The van der Waals surface area contributed by atoms with Crippen LogP contribution in [0.1, 0.15) is 34.8 Å². The van der Waals surface area contributed by atoms with Gasteiger partial charge in [0.1, 0.15) is 0 Å². The third kappa shape index (κ3) is 3.70. The molecule has 1 aromatic carbocycles. The number of hydrogen-bond donors (Lipinski definition) is 0. The third-order valence-corrected chi connectivity index (χ3v) is 2.65. The number of carbonyl (C=O) groups excluding carboxylic acids is 2. The van der Waals surface area contributed by atoms with E-state index in [1.807, 2.05) is 32.0 Å². The Balaban J connectivity index is 2.85.